The molecule has 0 saturated heterocycles. The molecule has 0 unspecified atom stereocenters. The van der Waals surface area contributed by atoms with Crippen LogP contribution in [0.1, 0.15) is 16.7 Å². The number of oxime groups is 1. The number of nitrogens with zero attached hydrogens (tertiary/aromatic N) is 1. The number of rotatable bonds is 7. The molecule has 0 aliphatic heterocycles. The minimum Gasteiger partial charge on any atom is -0.390 e. The van der Waals surface area contributed by atoms with E-state index in [0.29, 0.717) is 11.6 Å². The molecule has 0 atom stereocenters. The summed E-state index contributed by atoms with van der Waals surface area (Å²) in [5.41, 5.74) is 3.82. The van der Waals surface area contributed by atoms with Gasteiger partial charge in [0.15, 0.2) is 0 Å². The zero-order chi connectivity index (χ0) is 18.7. The Balaban J connectivity index is 1.75. The van der Waals surface area contributed by atoms with Crippen LogP contribution in [0.2, 0.25) is 5.02 Å². The van der Waals surface area contributed by atoms with Crippen molar-refractivity contribution in [3.8, 4) is 0 Å². The van der Waals surface area contributed by atoms with Crippen LogP contribution in [-0.2, 0) is 11.4 Å². The van der Waals surface area contributed by atoms with Crippen LogP contribution in [0.15, 0.2) is 102 Å². The highest BCUT2D eigenvalue weighted by atomic mass is 35.5. The molecular formula is C24H20ClNO. The van der Waals surface area contributed by atoms with Gasteiger partial charge in [0.25, 0.3) is 0 Å². The summed E-state index contributed by atoms with van der Waals surface area (Å²) in [6, 6.07) is 27.8. The molecule has 0 spiro atoms. The molecule has 0 aliphatic carbocycles. The molecule has 27 heavy (non-hydrogen) atoms. The van der Waals surface area contributed by atoms with Crippen molar-refractivity contribution in [1.82, 2.24) is 0 Å². The minimum atomic E-state index is 0.321. The first kappa shape index (κ1) is 18.7. The van der Waals surface area contributed by atoms with E-state index in [0.717, 1.165) is 22.4 Å². The number of hydrogen-bond acceptors (Lipinski definition) is 2. The lowest BCUT2D eigenvalue weighted by atomic mass is 10.1. The fourth-order valence-electron chi connectivity index (χ4n) is 2.40. The van der Waals surface area contributed by atoms with Crippen molar-refractivity contribution in [1.29, 1.82) is 0 Å². The van der Waals surface area contributed by atoms with Gasteiger partial charge in [-0.05, 0) is 29.3 Å². The van der Waals surface area contributed by atoms with Crippen LogP contribution in [0.4, 0.5) is 0 Å². The molecule has 0 radical (unpaired) electrons. The summed E-state index contributed by atoms with van der Waals surface area (Å²) in [4.78, 5) is 5.54. The molecule has 0 bridgehead atoms. The van der Waals surface area contributed by atoms with Gasteiger partial charge in [-0.25, -0.2) is 0 Å². The van der Waals surface area contributed by atoms with Gasteiger partial charge >= 0.3 is 0 Å². The van der Waals surface area contributed by atoms with Gasteiger partial charge < -0.3 is 4.84 Å². The maximum Gasteiger partial charge on any atom is 0.143 e. The monoisotopic (exact) mass is 373 g/mol. The summed E-state index contributed by atoms with van der Waals surface area (Å²) >= 11 is 6.17. The Morgan fingerprint density at radius 1 is 0.741 bits per heavy atom. The van der Waals surface area contributed by atoms with E-state index in [1.807, 2.05) is 109 Å². The highest BCUT2D eigenvalue weighted by molar-refractivity contribution is 6.31. The fraction of sp³-hybridized carbons (Fsp3) is 0.0417. The molecule has 0 heterocycles. The maximum atomic E-state index is 6.17. The lowest BCUT2D eigenvalue weighted by Gasteiger charge is -2.03. The third-order valence-electron chi connectivity index (χ3n) is 3.84. The van der Waals surface area contributed by atoms with Gasteiger partial charge in [0.1, 0.15) is 12.3 Å². The summed E-state index contributed by atoms with van der Waals surface area (Å²) in [5, 5.41) is 4.95. The first-order valence-electron chi connectivity index (χ1n) is 8.71. The molecule has 3 rings (SSSR count). The lowest BCUT2D eigenvalue weighted by Crippen LogP contribution is -1.93. The van der Waals surface area contributed by atoms with E-state index in [4.69, 9.17) is 16.4 Å². The van der Waals surface area contributed by atoms with Crippen LogP contribution in [0.3, 0.4) is 0 Å². The Bertz CT molecular complexity index is 879. The largest absolute Gasteiger partial charge is 0.390 e. The topological polar surface area (TPSA) is 21.6 Å². The molecule has 3 aromatic carbocycles. The second-order valence-electron chi connectivity index (χ2n) is 5.87. The SMILES string of the molecule is Clc1ccccc1CON=C(/C=C/c1ccccc1)/C=C/c1ccccc1. The predicted molar refractivity (Wildman–Crippen MR) is 115 cm³/mol. The van der Waals surface area contributed by atoms with E-state index in [2.05, 4.69) is 5.16 Å². The summed E-state index contributed by atoms with van der Waals surface area (Å²) in [5.74, 6) is 0. The highest BCUT2D eigenvalue weighted by Gasteiger charge is 1.99. The normalized spacial score (nSPS) is 11.0. The maximum absolute atomic E-state index is 6.17. The summed E-state index contributed by atoms with van der Waals surface area (Å²) in [7, 11) is 0. The third-order valence-corrected chi connectivity index (χ3v) is 4.21. The second kappa shape index (κ2) is 10.1. The minimum absolute atomic E-state index is 0.321. The number of allylic oxidation sites excluding steroid dienone is 2. The van der Waals surface area contributed by atoms with Crippen molar-refractivity contribution in [2.45, 2.75) is 6.61 Å². The van der Waals surface area contributed by atoms with Crippen molar-refractivity contribution >= 4 is 29.5 Å². The van der Waals surface area contributed by atoms with Gasteiger partial charge in [-0.2, -0.15) is 0 Å². The molecule has 0 saturated carbocycles. The second-order valence-corrected chi connectivity index (χ2v) is 6.28. The Kier molecular flexibility index (Phi) is 7.02. The third kappa shape index (κ3) is 6.28. The van der Waals surface area contributed by atoms with E-state index < -0.39 is 0 Å². The van der Waals surface area contributed by atoms with Crippen molar-refractivity contribution in [3.05, 3.63) is 119 Å². The van der Waals surface area contributed by atoms with Gasteiger partial charge in [-0.15, -0.1) is 0 Å². The number of hydrogen-bond donors (Lipinski definition) is 0. The molecule has 2 nitrogen and oxygen atoms in total. The van der Waals surface area contributed by atoms with Crippen molar-refractivity contribution in [2.24, 2.45) is 5.16 Å². The molecule has 0 fully saturated rings. The van der Waals surface area contributed by atoms with Gasteiger partial charge in [-0.1, -0.05) is 108 Å². The van der Waals surface area contributed by atoms with E-state index >= 15 is 0 Å². The zero-order valence-corrected chi connectivity index (χ0v) is 15.6. The molecule has 134 valence electrons. The quantitative estimate of drug-likeness (QED) is 0.336. The van der Waals surface area contributed by atoms with Crippen LogP contribution < -0.4 is 0 Å². The van der Waals surface area contributed by atoms with Gasteiger partial charge in [0, 0.05) is 10.6 Å². The number of benzene rings is 3. The molecule has 0 amide bonds. The molecule has 0 N–H and O–H groups in total. The Morgan fingerprint density at radius 2 is 1.26 bits per heavy atom. The fourth-order valence-corrected chi connectivity index (χ4v) is 2.59. The van der Waals surface area contributed by atoms with Gasteiger partial charge in [-0.3, -0.25) is 0 Å². The Hall–Kier alpha value is -3.10. The molecule has 3 heteroatoms. The van der Waals surface area contributed by atoms with Crippen LogP contribution in [0.5, 0.6) is 0 Å². The van der Waals surface area contributed by atoms with Gasteiger partial charge in [0.2, 0.25) is 0 Å². The Morgan fingerprint density at radius 3 is 1.81 bits per heavy atom. The smallest absolute Gasteiger partial charge is 0.143 e. The highest BCUT2D eigenvalue weighted by Crippen LogP contribution is 2.16. The van der Waals surface area contributed by atoms with Crippen LogP contribution in [0.25, 0.3) is 12.2 Å². The number of halogens is 1. The van der Waals surface area contributed by atoms with E-state index in [9.17, 15) is 0 Å². The Labute approximate surface area is 165 Å². The average Bonchev–Trinajstić information content (AvgIpc) is 2.72. The van der Waals surface area contributed by atoms with Crippen LogP contribution in [0, 0.1) is 0 Å². The summed E-state index contributed by atoms with van der Waals surface area (Å²) < 4.78 is 0. The van der Waals surface area contributed by atoms with Crippen molar-refractivity contribution in [3.63, 3.8) is 0 Å². The zero-order valence-electron chi connectivity index (χ0n) is 14.8. The van der Waals surface area contributed by atoms with Crippen LogP contribution >= 0.6 is 11.6 Å². The standard InChI is InChI=1S/C24H20ClNO/c25-24-14-8-7-13-22(24)19-27-26-23(17-15-20-9-3-1-4-10-20)18-16-21-11-5-2-6-12-21/h1-18H,19H2/b17-15+,18-16+. The summed E-state index contributed by atoms with van der Waals surface area (Å²) in [6.07, 6.45) is 7.88. The predicted octanol–water partition coefficient (Wildman–Crippen LogP) is 6.64. The van der Waals surface area contributed by atoms with E-state index in [1.165, 1.54) is 0 Å². The molecule has 3 aromatic rings. The lowest BCUT2D eigenvalue weighted by molar-refractivity contribution is 0.131. The van der Waals surface area contributed by atoms with Gasteiger partial charge in [0.05, 0.1) is 0 Å². The first-order valence-corrected chi connectivity index (χ1v) is 9.09. The molecule has 0 aromatic heterocycles. The van der Waals surface area contributed by atoms with E-state index in [-0.39, 0.29) is 0 Å². The van der Waals surface area contributed by atoms with Crippen molar-refractivity contribution < 1.29 is 4.84 Å². The van der Waals surface area contributed by atoms with E-state index in [1.54, 1.807) is 0 Å². The summed E-state index contributed by atoms with van der Waals surface area (Å²) in [6.45, 7) is 0.321. The molecule has 0 aliphatic rings. The van der Waals surface area contributed by atoms with Crippen molar-refractivity contribution in [2.75, 3.05) is 0 Å². The molecular weight excluding hydrogens is 354 g/mol. The first-order chi connectivity index (χ1) is 13.3. The van der Waals surface area contributed by atoms with Crippen LogP contribution in [-0.4, -0.2) is 5.71 Å². The average molecular weight is 374 g/mol.